The third-order valence-corrected chi connectivity index (χ3v) is 10.6. The van der Waals surface area contributed by atoms with Crippen LogP contribution in [0.25, 0.3) is 79.8 Å². The van der Waals surface area contributed by atoms with Crippen LogP contribution in [0.5, 0.6) is 0 Å². The van der Waals surface area contributed by atoms with Gasteiger partial charge in [-0.3, -0.25) is 0 Å². The molecule has 8 rings (SSSR count). The highest BCUT2D eigenvalue weighted by atomic mass is 14.8. The number of nitrogens with one attached hydrogen (secondary N) is 2. The summed E-state index contributed by atoms with van der Waals surface area (Å²) in [6.07, 6.45) is 8.64. The van der Waals surface area contributed by atoms with Gasteiger partial charge in [0.25, 0.3) is 0 Å². The number of hydrogen-bond acceptors (Lipinski definition) is 2. The average Bonchev–Trinajstić information content (AvgIpc) is 3.90. The fraction of sp³-hybridized carbons (Fsp3) is 0.240. The minimum atomic E-state index is -0.0438. The van der Waals surface area contributed by atoms with Gasteiger partial charge in [0.05, 0.1) is 22.8 Å². The number of nitrogens with zero attached hydrogens (tertiary/aromatic N) is 2. The predicted molar refractivity (Wildman–Crippen MR) is 232 cm³/mol. The van der Waals surface area contributed by atoms with Crippen LogP contribution in [-0.2, 0) is 10.8 Å². The summed E-state index contributed by atoms with van der Waals surface area (Å²) in [5.41, 5.74) is 21.8. The van der Waals surface area contributed by atoms with Gasteiger partial charge in [0.1, 0.15) is 0 Å². The number of aryl methyl sites for hydroxylation is 4. The summed E-state index contributed by atoms with van der Waals surface area (Å²) in [6, 6.07) is 31.5. The van der Waals surface area contributed by atoms with Crippen molar-refractivity contribution in [1.82, 2.24) is 19.9 Å². The molecule has 0 spiro atoms. The van der Waals surface area contributed by atoms with Crippen LogP contribution in [0.4, 0.5) is 0 Å². The summed E-state index contributed by atoms with van der Waals surface area (Å²) in [4.78, 5) is 18.4. The maximum Gasteiger partial charge on any atom is 0.0737 e. The highest BCUT2D eigenvalue weighted by molar-refractivity contribution is 5.98. The summed E-state index contributed by atoms with van der Waals surface area (Å²) >= 11 is 0. The van der Waals surface area contributed by atoms with E-state index in [0.717, 1.165) is 78.2 Å². The van der Waals surface area contributed by atoms with Gasteiger partial charge in [-0.05, 0) is 121 Å². The molecule has 0 saturated heterocycles. The number of aromatic amines is 2. The number of hydrogen-bond donors (Lipinski definition) is 2. The molecule has 6 aromatic rings. The van der Waals surface area contributed by atoms with Crippen molar-refractivity contribution < 1.29 is 0 Å². The van der Waals surface area contributed by atoms with Crippen LogP contribution >= 0.6 is 0 Å². The second-order valence-electron chi connectivity index (χ2n) is 17.4. The molecule has 0 unspecified atom stereocenters. The first kappa shape index (κ1) is 35.3. The van der Waals surface area contributed by atoms with Crippen LogP contribution < -0.4 is 0 Å². The monoisotopic (exact) mass is 706 g/mol. The SMILES string of the molecule is Cc1cc(C)cc(-c2c3nc(c(-c4cc(C(C)(C)C)cc(C(C)(C)C)c4)c4ccc([nH]4)c(-c4cc(C)cc(C)c4)c4nc(cc5ccc2[nH]5)C=C4)C=C3)c1. The Morgan fingerprint density at radius 3 is 1.30 bits per heavy atom. The number of aromatic nitrogens is 4. The van der Waals surface area contributed by atoms with E-state index in [9.17, 15) is 0 Å². The van der Waals surface area contributed by atoms with E-state index in [1.165, 1.54) is 33.4 Å². The van der Waals surface area contributed by atoms with Gasteiger partial charge in [-0.15, -0.1) is 0 Å². The summed E-state index contributed by atoms with van der Waals surface area (Å²) in [7, 11) is 0. The quantitative estimate of drug-likeness (QED) is 0.192. The topological polar surface area (TPSA) is 57.4 Å². The third kappa shape index (κ3) is 6.78. The lowest BCUT2D eigenvalue weighted by molar-refractivity contribution is 0.569. The Morgan fingerprint density at radius 2 is 0.815 bits per heavy atom. The van der Waals surface area contributed by atoms with E-state index < -0.39 is 0 Å². The Balaban J connectivity index is 1.56. The molecule has 0 fully saturated rings. The molecule has 0 radical (unpaired) electrons. The first-order chi connectivity index (χ1) is 25.6. The van der Waals surface area contributed by atoms with Crippen LogP contribution in [0.1, 0.15) is 97.7 Å². The summed E-state index contributed by atoms with van der Waals surface area (Å²) in [5, 5.41) is 0. The highest BCUT2D eigenvalue weighted by Gasteiger charge is 2.23. The van der Waals surface area contributed by atoms with Gasteiger partial charge in [-0.2, -0.15) is 0 Å². The smallest absolute Gasteiger partial charge is 0.0737 e. The lowest BCUT2D eigenvalue weighted by atomic mass is 9.79. The molecule has 2 N–H and O–H groups in total. The van der Waals surface area contributed by atoms with E-state index in [0.29, 0.717) is 0 Å². The number of fused-ring (bicyclic) bond motifs is 8. The van der Waals surface area contributed by atoms with Crippen molar-refractivity contribution in [3.8, 4) is 33.4 Å². The van der Waals surface area contributed by atoms with Crippen molar-refractivity contribution in [3.05, 3.63) is 141 Å². The van der Waals surface area contributed by atoms with E-state index in [4.69, 9.17) is 9.97 Å². The minimum absolute atomic E-state index is 0.0438. The van der Waals surface area contributed by atoms with E-state index in [-0.39, 0.29) is 10.8 Å². The minimum Gasteiger partial charge on any atom is -0.355 e. The van der Waals surface area contributed by atoms with E-state index in [2.05, 4.69) is 188 Å². The molecule has 0 aliphatic carbocycles. The molecule has 0 amide bonds. The Morgan fingerprint density at radius 1 is 0.407 bits per heavy atom. The molecule has 270 valence electrons. The molecule has 2 aliphatic heterocycles. The normalized spacial score (nSPS) is 12.9. The van der Waals surface area contributed by atoms with Crippen molar-refractivity contribution >= 4 is 46.4 Å². The Kier molecular flexibility index (Phi) is 8.49. The lowest BCUT2D eigenvalue weighted by Gasteiger charge is -2.26. The molecule has 3 aromatic carbocycles. The Labute approximate surface area is 319 Å². The number of rotatable bonds is 3. The fourth-order valence-corrected chi connectivity index (χ4v) is 7.93. The number of H-pyrrole nitrogens is 2. The molecule has 0 atom stereocenters. The molecule has 54 heavy (non-hydrogen) atoms. The molecule has 4 heteroatoms. The average molecular weight is 707 g/mol. The van der Waals surface area contributed by atoms with Gasteiger partial charge >= 0.3 is 0 Å². The van der Waals surface area contributed by atoms with Crippen molar-refractivity contribution in [3.63, 3.8) is 0 Å². The van der Waals surface area contributed by atoms with Gasteiger partial charge < -0.3 is 9.97 Å². The van der Waals surface area contributed by atoms with Gasteiger partial charge in [-0.25, -0.2) is 9.97 Å². The van der Waals surface area contributed by atoms with Crippen molar-refractivity contribution in [2.24, 2.45) is 0 Å². The van der Waals surface area contributed by atoms with E-state index in [1.54, 1.807) is 0 Å². The summed E-state index contributed by atoms with van der Waals surface area (Å²) in [6.45, 7) is 22.4. The summed E-state index contributed by atoms with van der Waals surface area (Å²) < 4.78 is 0. The Hall–Kier alpha value is -5.74. The van der Waals surface area contributed by atoms with Crippen molar-refractivity contribution in [1.29, 1.82) is 0 Å². The first-order valence-electron chi connectivity index (χ1n) is 19.1. The molecule has 0 saturated carbocycles. The fourth-order valence-electron chi connectivity index (χ4n) is 7.93. The standard InChI is InChI=1S/C50H50N4/c1-29-19-30(2)22-33(21-29)46-40-13-11-38(51-40)28-39-12-14-41(52-39)47(34-23-31(3)20-32(4)24-34)43-16-18-45(54-43)48(44-17-15-42(46)53-44)35-25-36(49(5,6)7)27-37(26-35)50(8,9)10/h11-28,51,54H,1-10H3. The van der Waals surface area contributed by atoms with Gasteiger partial charge in [0, 0.05) is 38.8 Å². The van der Waals surface area contributed by atoms with Crippen LogP contribution in [0.3, 0.4) is 0 Å². The molecule has 5 heterocycles. The zero-order valence-corrected chi connectivity index (χ0v) is 33.3. The zero-order valence-electron chi connectivity index (χ0n) is 33.3. The zero-order chi connectivity index (χ0) is 38.1. The largest absolute Gasteiger partial charge is 0.355 e. The molecular formula is C50H50N4. The maximum absolute atomic E-state index is 5.53. The van der Waals surface area contributed by atoms with E-state index >= 15 is 0 Å². The van der Waals surface area contributed by atoms with E-state index in [1.807, 2.05) is 0 Å². The van der Waals surface area contributed by atoms with Gasteiger partial charge in [0.15, 0.2) is 0 Å². The molecular weight excluding hydrogens is 657 g/mol. The number of benzene rings is 3. The third-order valence-electron chi connectivity index (χ3n) is 10.6. The van der Waals surface area contributed by atoms with Crippen molar-refractivity contribution in [2.75, 3.05) is 0 Å². The molecule has 4 nitrogen and oxygen atoms in total. The van der Waals surface area contributed by atoms with Crippen molar-refractivity contribution in [2.45, 2.75) is 80.1 Å². The second-order valence-corrected chi connectivity index (χ2v) is 17.4. The van der Waals surface area contributed by atoms with Crippen LogP contribution in [-0.4, -0.2) is 19.9 Å². The maximum atomic E-state index is 5.53. The first-order valence-corrected chi connectivity index (χ1v) is 19.1. The molecule has 3 aromatic heterocycles. The van der Waals surface area contributed by atoms with Crippen LogP contribution in [0, 0.1) is 27.7 Å². The Bertz CT molecular complexity index is 2590. The highest BCUT2D eigenvalue weighted by Crippen LogP contribution is 2.40. The molecule has 2 aliphatic rings. The second kappa shape index (κ2) is 13.0. The molecule has 8 bridgehead atoms. The van der Waals surface area contributed by atoms with Crippen LogP contribution in [0.2, 0.25) is 0 Å². The van der Waals surface area contributed by atoms with Crippen LogP contribution in [0.15, 0.2) is 84.9 Å². The van der Waals surface area contributed by atoms with Gasteiger partial charge in [0.2, 0.25) is 0 Å². The summed E-state index contributed by atoms with van der Waals surface area (Å²) in [5.74, 6) is 0. The van der Waals surface area contributed by atoms with Gasteiger partial charge in [-0.1, -0.05) is 118 Å². The predicted octanol–water partition coefficient (Wildman–Crippen LogP) is 13.5. The lowest BCUT2D eigenvalue weighted by Crippen LogP contribution is -2.16.